The quantitative estimate of drug-likeness (QED) is 0.495. The molecule has 27 heavy (non-hydrogen) atoms. The van der Waals surface area contributed by atoms with Gasteiger partial charge in [0.2, 0.25) is 0 Å². The average molecular weight is 386 g/mol. The van der Waals surface area contributed by atoms with Gasteiger partial charge < -0.3 is 15.2 Å². The fraction of sp³-hybridized carbons (Fsp3) is 0.0952. The molecule has 6 heteroatoms. The van der Waals surface area contributed by atoms with E-state index in [9.17, 15) is 9.18 Å². The van der Waals surface area contributed by atoms with Crippen LogP contribution >= 0.6 is 11.6 Å². The van der Waals surface area contributed by atoms with Gasteiger partial charge in [-0.15, -0.1) is 0 Å². The third-order valence-corrected chi connectivity index (χ3v) is 4.21. The summed E-state index contributed by atoms with van der Waals surface area (Å²) in [4.78, 5) is 12.1. The minimum absolute atomic E-state index is 0.201. The molecule has 0 aromatic heterocycles. The summed E-state index contributed by atoms with van der Waals surface area (Å²) >= 11 is 6.12. The van der Waals surface area contributed by atoms with Crippen molar-refractivity contribution < 1.29 is 18.7 Å². The lowest BCUT2D eigenvalue weighted by Crippen LogP contribution is -2.13. The molecule has 0 amide bonds. The summed E-state index contributed by atoms with van der Waals surface area (Å²) in [6, 6.07) is 17.8. The molecule has 0 fully saturated rings. The molecule has 1 unspecified atom stereocenters. The number of hydrogen-bond acceptors (Lipinski definition) is 4. The van der Waals surface area contributed by atoms with Crippen LogP contribution in [0, 0.1) is 5.82 Å². The van der Waals surface area contributed by atoms with E-state index in [2.05, 4.69) is 0 Å². The molecule has 0 aliphatic rings. The summed E-state index contributed by atoms with van der Waals surface area (Å²) in [5, 5.41) is 0.536. The zero-order valence-corrected chi connectivity index (χ0v) is 15.2. The lowest BCUT2D eigenvalue weighted by Gasteiger charge is -2.22. The van der Waals surface area contributed by atoms with Crippen LogP contribution in [-0.2, 0) is 4.74 Å². The van der Waals surface area contributed by atoms with E-state index in [1.54, 1.807) is 42.5 Å². The smallest absolute Gasteiger partial charge is 0.341 e. The zero-order valence-electron chi connectivity index (χ0n) is 14.5. The molecule has 0 saturated heterocycles. The fourth-order valence-electron chi connectivity index (χ4n) is 2.68. The van der Waals surface area contributed by atoms with Crippen molar-refractivity contribution in [2.75, 3.05) is 12.8 Å². The summed E-state index contributed by atoms with van der Waals surface area (Å²) in [5.41, 5.74) is 7.85. The normalized spacial score (nSPS) is 11.7. The summed E-state index contributed by atoms with van der Waals surface area (Å²) in [6.07, 6.45) is -0.615. The minimum Gasteiger partial charge on any atom is -0.480 e. The zero-order chi connectivity index (χ0) is 19.4. The number of esters is 1. The number of benzene rings is 3. The van der Waals surface area contributed by atoms with E-state index >= 15 is 0 Å². The fourth-order valence-corrected chi connectivity index (χ4v) is 2.88. The van der Waals surface area contributed by atoms with Crippen molar-refractivity contribution in [2.24, 2.45) is 0 Å². The number of halogens is 2. The van der Waals surface area contributed by atoms with Crippen LogP contribution in [0.4, 0.5) is 10.1 Å². The molecule has 0 aliphatic carbocycles. The Kier molecular flexibility index (Phi) is 5.62. The molecule has 0 radical (unpaired) electrons. The number of nitrogens with two attached hydrogens (primary N) is 1. The standard InChI is InChI=1S/C21H17ClFNO3/c1-26-21(25)18-12-17(24)9-10-19(18)27-20(13-5-7-16(23)8-6-13)14-3-2-4-15(22)11-14/h2-12,20H,24H2,1H3. The first-order valence-corrected chi connectivity index (χ1v) is 8.51. The molecule has 0 spiro atoms. The van der Waals surface area contributed by atoms with Gasteiger partial charge in [-0.3, -0.25) is 0 Å². The van der Waals surface area contributed by atoms with Crippen LogP contribution in [0.25, 0.3) is 0 Å². The molecular formula is C21H17ClFNO3. The maximum atomic E-state index is 13.4. The summed E-state index contributed by atoms with van der Waals surface area (Å²) in [6.45, 7) is 0. The molecule has 138 valence electrons. The highest BCUT2D eigenvalue weighted by Gasteiger charge is 2.21. The number of nitrogen functional groups attached to an aromatic ring is 1. The number of hydrogen-bond donors (Lipinski definition) is 1. The van der Waals surface area contributed by atoms with Crippen LogP contribution in [0.5, 0.6) is 5.75 Å². The Morgan fingerprint density at radius 2 is 1.78 bits per heavy atom. The van der Waals surface area contributed by atoms with Crippen molar-refractivity contribution in [1.29, 1.82) is 0 Å². The maximum absolute atomic E-state index is 13.4. The minimum atomic E-state index is -0.615. The third-order valence-electron chi connectivity index (χ3n) is 3.98. The van der Waals surface area contributed by atoms with Crippen LogP contribution in [0.3, 0.4) is 0 Å². The first-order valence-electron chi connectivity index (χ1n) is 8.13. The predicted molar refractivity (Wildman–Crippen MR) is 103 cm³/mol. The van der Waals surface area contributed by atoms with Gasteiger partial charge >= 0.3 is 5.97 Å². The highest BCUT2D eigenvalue weighted by atomic mass is 35.5. The number of anilines is 1. The van der Waals surface area contributed by atoms with E-state index in [1.807, 2.05) is 6.07 Å². The Hall–Kier alpha value is -3.05. The first kappa shape index (κ1) is 18.7. The maximum Gasteiger partial charge on any atom is 0.341 e. The van der Waals surface area contributed by atoms with E-state index < -0.39 is 12.1 Å². The van der Waals surface area contributed by atoms with Crippen molar-refractivity contribution >= 4 is 23.3 Å². The van der Waals surface area contributed by atoms with Gasteiger partial charge in [-0.1, -0.05) is 35.9 Å². The molecule has 0 saturated carbocycles. The molecular weight excluding hydrogens is 369 g/mol. The number of rotatable bonds is 5. The molecule has 3 aromatic rings. The highest BCUT2D eigenvalue weighted by molar-refractivity contribution is 6.30. The Labute approximate surface area is 161 Å². The monoisotopic (exact) mass is 385 g/mol. The second kappa shape index (κ2) is 8.10. The molecule has 4 nitrogen and oxygen atoms in total. The van der Waals surface area contributed by atoms with E-state index in [4.69, 9.17) is 26.8 Å². The average Bonchev–Trinajstić information content (AvgIpc) is 2.67. The molecule has 0 aliphatic heterocycles. The number of methoxy groups -OCH3 is 1. The van der Waals surface area contributed by atoms with E-state index in [0.717, 1.165) is 5.56 Å². The Morgan fingerprint density at radius 1 is 1.04 bits per heavy atom. The van der Waals surface area contributed by atoms with Gasteiger partial charge in [0.05, 0.1) is 7.11 Å². The second-order valence-corrected chi connectivity index (χ2v) is 6.29. The number of carbonyl (C=O) groups excluding carboxylic acids is 1. The lowest BCUT2D eigenvalue weighted by atomic mass is 10.0. The molecule has 0 bridgehead atoms. The summed E-state index contributed by atoms with van der Waals surface area (Å²) in [7, 11) is 1.28. The van der Waals surface area contributed by atoms with Gasteiger partial charge in [0.15, 0.2) is 0 Å². The van der Waals surface area contributed by atoms with Crippen molar-refractivity contribution in [3.05, 3.63) is 94.3 Å². The van der Waals surface area contributed by atoms with Gasteiger partial charge in [0, 0.05) is 10.7 Å². The summed E-state index contributed by atoms with van der Waals surface area (Å²) < 4.78 is 24.3. The predicted octanol–water partition coefficient (Wildman–Crippen LogP) is 5.02. The molecule has 2 N–H and O–H groups in total. The lowest BCUT2D eigenvalue weighted by molar-refractivity contribution is 0.0594. The van der Waals surface area contributed by atoms with Gasteiger partial charge in [-0.25, -0.2) is 9.18 Å². The molecule has 1 atom stereocenters. The number of carbonyl (C=O) groups is 1. The molecule has 3 rings (SSSR count). The third kappa shape index (κ3) is 4.38. The van der Waals surface area contributed by atoms with Crippen LogP contribution in [0.1, 0.15) is 27.6 Å². The highest BCUT2D eigenvalue weighted by Crippen LogP contribution is 2.33. The number of ether oxygens (including phenoxy) is 2. The largest absolute Gasteiger partial charge is 0.480 e. The van der Waals surface area contributed by atoms with E-state index in [1.165, 1.54) is 25.3 Å². The van der Waals surface area contributed by atoms with Crippen molar-refractivity contribution in [1.82, 2.24) is 0 Å². The topological polar surface area (TPSA) is 61.5 Å². The van der Waals surface area contributed by atoms with Crippen molar-refractivity contribution in [3.63, 3.8) is 0 Å². The Balaban J connectivity index is 2.07. The summed E-state index contributed by atoms with van der Waals surface area (Å²) in [5.74, 6) is -0.627. The van der Waals surface area contributed by atoms with Gasteiger partial charge in [-0.2, -0.15) is 0 Å². The van der Waals surface area contributed by atoms with Crippen LogP contribution in [0.15, 0.2) is 66.7 Å². The van der Waals surface area contributed by atoms with Crippen LogP contribution in [0.2, 0.25) is 5.02 Å². The first-order chi connectivity index (χ1) is 13.0. The Bertz CT molecular complexity index is 960. The van der Waals surface area contributed by atoms with Gasteiger partial charge in [0.1, 0.15) is 23.2 Å². The van der Waals surface area contributed by atoms with Crippen LogP contribution in [-0.4, -0.2) is 13.1 Å². The van der Waals surface area contributed by atoms with E-state index in [-0.39, 0.29) is 11.4 Å². The van der Waals surface area contributed by atoms with Crippen molar-refractivity contribution in [2.45, 2.75) is 6.10 Å². The SMILES string of the molecule is COC(=O)c1cc(N)ccc1OC(c1ccc(F)cc1)c1cccc(Cl)c1. The van der Waals surface area contributed by atoms with Crippen LogP contribution < -0.4 is 10.5 Å². The Morgan fingerprint density at radius 3 is 2.44 bits per heavy atom. The molecule has 3 aromatic carbocycles. The molecule has 0 heterocycles. The van der Waals surface area contributed by atoms with E-state index in [0.29, 0.717) is 22.0 Å². The van der Waals surface area contributed by atoms with Gasteiger partial charge in [-0.05, 0) is 53.6 Å². The second-order valence-electron chi connectivity index (χ2n) is 5.85. The van der Waals surface area contributed by atoms with Gasteiger partial charge in [0.25, 0.3) is 0 Å². The van der Waals surface area contributed by atoms with Crippen molar-refractivity contribution in [3.8, 4) is 5.75 Å².